The Labute approximate surface area is 385 Å². The minimum Gasteiger partial charge on any atom is -0.454 e. The Morgan fingerprint density at radius 3 is 1.61 bits per heavy atom. The molecule has 1 unspecified atom stereocenters. The van der Waals surface area contributed by atoms with Gasteiger partial charge in [-0.15, -0.1) is 0 Å². The Balaban J connectivity index is 1.18. The van der Waals surface area contributed by atoms with Gasteiger partial charge in [-0.05, 0) is 148 Å². The summed E-state index contributed by atoms with van der Waals surface area (Å²) in [6.07, 6.45) is 3.10. The number of rotatable bonds is 7. The molecule has 0 N–H and O–H groups in total. The first kappa shape index (κ1) is 39.1. The maximum Gasteiger partial charge on any atom is 0.159 e. The summed E-state index contributed by atoms with van der Waals surface area (Å²) in [5, 5.41) is 9.95. The molecular weight excluding hydrogens is 805 g/mol. The zero-order valence-corrected chi connectivity index (χ0v) is 38.5. The smallest absolute Gasteiger partial charge is 0.159 e. The summed E-state index contributed by atoms with van der Waals surface area (Å²) in [6.45, 7) is 14.2. The molecule has 13 rings (SSSR count). The quantitative estimate of drug-likeness (QED) is 0.150. The highest BCUT2D eigenvalue weighted by molar-refractivity contribution is 6.21. The van der Waals surface area contributed by atoms with Gasteiger partial charge in [0.2, 0.25) is 0 Å². The summed E-state index contributed by atoms with van der Waals surface area (Å²) in [6, 6.07) is 57.9. The van der Waals surface area contributed by atoms with Gasteiger partial charge in [0.1, 0.15) is 11.2 Å². The fraction of sp³-hybridized carbons (Fsp3) is 0.194. The van der Waals surface area contributed by atoms with Crippen LogP contribution in [0.25, 0.3) is 65.4 Å². The first-order chi connectivity index (χ1) is 32.2. The molecule has 2 aliphatic carbocycles. The Kier molecular flexibility index (Phi) is 8.50. The molecule has 0 saturated carbocycles. The lowest BCUT2D eigenvalue weighted by atomic mass is 9.60. The number of furan rings is 2. The zero-order valence-electron chi connectivity index (χ0n) is 38.5. The number of aryl methyl sites for hydroxylation is 3. The van der Waals surface area contributed by atoms with Gasteiger partial charge in [-0.1, -0.05) is 137 Å². The van der Waals surface area contributed by atoms with Gasteiger partial charge < -0.3 is 18.6 Å². The Morgan fingerprint density at radius 1 is 0.500 bits per heavy atom. The van der Waals surface area contributed by atoms with E-state index in [9.17, 15) is 0 Å². The van der Waals surface area contributed by atoms with Crippen LogP contribution in [0.5, 0.6) is 0 Å². The summed E-state index contributed by atoms with van der Waals surface area (Å²) < 4.78 is 13.8. The molecule has 0 amide bonds. The molecule has 11 aromatic rings. The van der Waals surface area contributed by atoms with Gasteiger partial charge in [-0.3, -0.25) is 0 Å². The van der Waals surface area contributed by atoms with Gasteiger partial charge in [-0.2, -0.15) is 0 Å². The van der Waals surface area contributed by atoms with E-state index in [-0.39, 0.29) is 11.3 Å². The van der Waals surface area contributed by atoms with Crippen molar-refractivity contribution in [2.75, 3.05) is 9.80 Å². The number of para-hydroxylation sites is 6. The Morgan fingerprint density at radius 2 is 1.02 bits per heavy atom. The molecule has 66 heavy (non-hydrogen) atoms. The molecule has 0 saturated heterocycles. The molecule has 0 spiro atoms. The minimum atomic E-state index is 0.0805. The second-order valence-electron chi connectivity index (χ2n) is 20.0. The lowest BCUT2D eigenvalue weighted by Gasteiger charge is -2.45. The van der Waals surface area contributed by atoms with Gasteiger partial charge >= 0.3 is 0 Å². The summed E-state index contributed by atoms with van der Waals surface area (Å²) in [7, 11) is 0. The van der Waals surface area contributed by atoms with Crippen LogP contribution in [-0.4, -0.2) is 0 Å². The molecule has 0 fully saturated rings. The van der Waals surface area contributed by atoms with Crippen molar-refractivity contribution in [3.8, 4) is 0 Å². The van der Waals surface area contributed by atoms with Crippen molar-refractivity contribution >= 4 is 99.5 Å². The van der Waals surface area contributed by atoms with Crippen LogP contribution in [0.15, 0.2) is 167 Å². The van der Waals surface area contributed by atoms with Crippen LogP contribution in [0.2, 0.25) is 0 Å². The SMILES string of the molecule is Cc1ccccc1N(c1cc(C(C)C)c2ccc3c(N(c4ccccc4C)c4cccc5c4oc4ccccc45)cc4c5c3c2c1CC5C(C)(C)CC4)c1cccc2c1oc1ccccc12. The van der Waals surface area contributed by atoms with Crippen molar-refractivity contribution in [2.45, 2.75) is 72.6 Å². The molecule has 1 atom stereocenters. The number of hydrogen-bond acceptors (Lipinski definition) is 4. The molecule has 0 radical (unpaired) electrons. The van der Waals surface area contributed by atoms with E-state index in [0.717, 1.165) is 85.9 Å². The highest BCUT2D eigenvalue weighted by atomic mass is 16.3. The second-order valence-corrected chi connectivity index (χ2v) is 20.0. The van der Waals surface area contributed by atoms with Crippen molar-refractivity contribution in [3.05, 3.63) is 191 Å². The lowest BCUT2D eigenvalue weighted by Crippen LogP contribution is -2.32. The predicted octanol–water partition coefficient (Wildman–Crippen LogP) is 18.1. The van der Waals surface area contributed by atoms with Gasteiger partial charge in [0.25, 0.3) is 0 Å². The molecular formula is C62H52N2O2. The third-order valence-corrected chi connectivity index (χ3v) is 15.4. The van der Waals surface area contributed by atoms with Crippen LogP contribution in [0.4, 0.5) is 34.1 Å². The van der Waals surface area contributed by atoms with Crippen LogP contribution in [-0.2, 0) is 12.8 Å². The van der Waals surface area contributed by atoms with E-state index in [1.807, 2.05) is 0 Å². The van der Waals surface area contributed by atoms with E-state index >= 15 is 0 Å². The molecule has 0 aliphatic heterocycles. The highest BCUT2D eigenvalue weighted by Gasteiger charge is 2.42. The van der Waals surface area contributed by atoms with Crippen LogP contribution in [0.1, 0.15) is 79.3 Å². The summed E-state index contributed by atoms with van der Waals surface area (Å²) in [5.41, 5.74) is 18.8. The third-order valence-electron chi connectivity index (χ3n) is 15.4. The van der Waals surface area contributed by atoms with Gasteiger partial charge in [0.15, 0.2) is 11.2 Å². The van der Waals surface area contributed by atoms with E-state index < -0.39 is 0 Å². The lowest BCUT2D eigenvalue weighted by molar-refractivity contribution is 0.244. The van der Waals surface area contributed by atoms with E-state index in [4.69, 9.17) is 8.83 Å². The summed E-state index contributed by atoms with van der Waals surface area (Å²) in [5.74, 6) is 0.601. The average molecular weight is 857 g/mol. The molecule has 2 aromatic heterocycles. The standard InChI is InChI=1S/C62H52N2O2/c1-36(2)46-35-54(64(50-24-12-8-18-38(50)4)52-26-16-22-44-41-20-10-14-28-56(41)66-61(44)52)47-34-48-57-39(31-32-62(48,5)6)33-53(45-30-29-42(46)58(47)59(45)57)63(49-23-11-7-17-37(49)3)51-25-15-21-43-40-19-9-13-27-55(40)65-60(43)51/h7-30,33,35-36,48H,31-32,34H2,1-6H3. The van der Waals surface area contributed by atoms with Crippen molar-refractivity contribution in [3.63, 3.8) is 0 Å². The molecule has 2 heterocycles. The topological polar surface area (TPSA) is 32.8 Å². The number of fused-ring (bicyclic) bond motifs is 6. The molecule has 4 nitrogen and oxygen atoms in total. The average Bonchev–Trinajstić information content (AvgIpc) is 3.91. The van der Waals surface area contributed by atoms with E-state index in [2.05, 4.69) is 209 Å². The summed E-state index contributed by atoms with van der Waals surface area (Å²) in [4.78, 5) is 5.06. The maximum atomic E-state index is 6.90. The maximum absolute atomic E-state index is 6.90. The van der Waals surface area contributed by atoms with Crippen LogP contribution < -0.4 is 9.80 Å². The zero-order chi connectivity index (χ0) is 44.6. The van der Waals surface area contributed by atoms with Gasteiger partial charge in [-0.25, -0.2) is 0 Å². The highest BCUT2D eigenvalue weighted by Crippen LogP contribution is 2.59. The van der Waals surface area contributed by atoms with Crippen molar-refractivity contribution in [1.82, 2.24) is 0 Å². The molecule has 0 bridgehead atoms. The normalized spacial score (nSPS) is 15.3. The van der Waals surface area contributed by atoms with Gasteiger partial charge in [0, 0.05) is 38.3 Å². The molecule has 9 aromatic carbocycles. The van der Waals surface area contributed by atoms with Crippen LogP contribution in [0.3, 0.4) is 0 Å². The molecule has 322 valence electrons. The number of anilines is 6. The largest absolute Gasteiger partial charge is 0.454 e. The fourth-order valence-corrected chi connectivity index (χ4v) is 12.1. The van der Waals surface area contributed by atoms with Crippen LogP contribution >= 0.6 is 0 Å². The molecule has 4 heteroatoms. The van der Waals surface area contributed by atoms with E-state index in [1.54, 1.807) is 5.56 Å². The van der Waals surface area contributed by atoms with Gasteiger partial charge in [0.05, 0.1) is 22.7 Å². The third kappa shape index (κ3) is 5.57. The van der Waals surface area contributed by atoms with Crippen LogP contribution in [0, 0.1) is 19.3 Å². The van der Waals surface area contributed by atoms with Crippen molar-refractivity contribution in [1.29, 1.82) is 0 Å². The number of hydrogen-bond donors (Lipinski definition) is 0. The number of benzene rings is 9. The van der Waals surface area contributed by atoms with E-state index in [1.165, 1.54) is 60.7 Å². The Bertz CT molecular complexity index is 3810. The van der Waals surface area contributed by atoms with E-state index in [0.29, 0.717) is 5.92 Å². The second kappa shape index (κ2) is 14.3. The minimum absolute atomic E-state index is 0.0805. The summed E-state index contributed by atoms with van der Waals surface area (Å²) >= 11 is 0. The molecule has 2 aliphatic rings. The Hall–Kier alpha value is -7.30. The van der Waals surface area contributed by atoms with Crippen molar-refractivity contribution < 1.29 is 8.83 Å². The number of nitrogens with zero attached hydrogens (tertiary/aromatic N) is 2. The first-order valence-corrected chi connectivity index (χ1v) is 23.8. The fourth-order valence-electron chi connectivity index (χ4n) is 12.1. The first-order valence-electron chi connectivity index (χ1n) is 23.8. The van der Waals surface area contributed by atoms with Crippen molar-refractivity contribution in [2.24, 2.45) is 5.41 Å². The monoisotopic (exact) mass is 856 g/mol. The predicted molar refractivity (Wildman–Crippen MR) is 277 cm³/mol.